The van der Waals surface area contributed by atoms with Crippen molar-refractivity contribution in [3.05, 3.63) is 29.8 Å². The Morgan fingerprint density at radius 2 is 2.29 bits per heavy atom. The molecule has 2 rings (SSSR count). The van der Waals surface area contributed by atoms with Crippen molar-refractivity contribution in [3.63, 3.8) is 0 Å². The summed E-state index contributed by atoms with van der Waals surface area (Å²) >= 11 is 0. The Bertz CT molecular complexity index is 471. The second-order valence-corrected chi connectivity index (χ2v) is 4.21. The number of oxime groups is 1. The van der Waals surface area contributed by atoms with Crippen molar-refractivity contribution < 1.29 is 10.0 Å². The predicted octanol–water partition coefficient (Wildman–Crippen LogP) is 1.10. The van der Waals surface area contributed by atoms with Crippen molar-refractivity contribution in [3.8, 4) is 0 Å². The number of hydrogen-bond donors (Lipinski definition) is 2. The first-order valence-electron chi connectivity index (χ1n) is 5.50. The van der Waals surface area contributed by atoms with Crippen LogP contribution < -0.4 is 10.6 Å². The lowest BCUT2D eigenvalue weighted by Crippen LogP contribution is -2.38. The van der Waals surface area contributed by atoms with Gasteiger partial charge in [0.1, 0.15) is 5.84 Å². The molecule has 0 aromatic heterocycles. The first kappa shape index (κ1) is 11.4. The van der Waals surface area contributed by atoms with Crippen molar-refractivity contribution in [1.29, 1.82) is 0 Å². The second kappa shape index (κ2) is 4.45. The Morgan fingerprint density at radius 3 is 3.00 bits per heavy atom. The summed E-state index contributed by atoms with van der Waals surface area (Å²) in [6, 6.07) is 7.92. The van der Waals surface area contributed by atoms with E-state index < -0.39 is 0 Å². The van der Waals surface area contributed by atoms with E-state index in [1.807, 2.05) is 31.2 Å². The van der Waals surface area contributed by atoms with Crippen LogP contribution in [0.4, 0.5) is 5.69 Å². The van der Waals surface area contributed by atoms with Gasteiger partial charge >= 0.3 is 0 Å². The molecule has 0 fully saturated rings. The number of nitrogens with two attached hydrogens (primary N) is 1. The van der Waals surface area contributed by atoms with Gasteiger partial charge in [-0.05, 0) is 25.0 Å². The molecule has 0 saturated carbocycles. The quantitative estimate of drug-likeness (QED) is 0.347. The third kappa shape index (κ3) is 2.08. The Morgan fingerprint density at radius 1 is 1.59 bits per heavy atom. The molecule has 3 N–H and O–H groups in total. The van der Waals surface area contributed by atoms with Crippen molar-refractivity contribution in [2.75, 3.05) is 4.90 Å². The molecule has 5 heteroatoms. The first-order chi connectivity index (χ1) is 8.13. The number of benzene rings is 1. The predicted molar refractivity (Wildman–Crippen MR) is 65.1 cm³/mol. The van der Waals surface area contributed by atoms with Gasteiger partial charge in [0.25, 0.3) is 0 Å². The molecule has 0 bridgehead atoms. The smallest absolute Gasteiger partial charge is 0.234 e. The van der Waals surface area contributed by atoms with Crippen LogP contribution in [-0.4, -0.2) is 23.0 Å². The van der Waals surface area contributed by atoms with Crippen LogP contribution in [-0.2, 0) is 11.2 Å². The topological polar surface area (TPSA) is 78.9 Å². The molecule has 0 spiro atoms. The van der Waals surface area contributed by atoms with E-state index in [1.54, 1.807) is 4.90 Å². The van der Waals surface area contributed by atoms with Gasteiger partial charge in [-0.15, -0.1) is 0 Å². The van der Waals surface area contributed by atoms with E-state index in [0.29, 0.717) is 0 Å². The maximum Gasteiger partial charge on any atom is 0.234 e. The molecule has 1 aromatic carbocycles. The van der Waals surface area contributed by atoms with Gasteiger partial charge in [0.15, 0.2) is 0 Å². The molecule has 0 aliphatic carbocycles. The number of amidine groups is 1. The normalized spacial score (nSPS) is 19.2. The van der Waals surface area contributed by atoms with Crippen LogP contribution in [0.25, 0.3) is 0 Å². The average molecular weight is 233 g/mol. The minimum atomic E-state index is -0.141. The molecular weight excluding hydrogens is 218 g/mol. The molecule has 0 radical (unpaired) electrons. The van der Waals surface area contributed by atoms with Gasteiger partial charge < -0.3 is 15.8 Å². The molecule has 17 heavy (non-hydrogen) atoms. The Hall–Kier alpha value is -2.04. The number of fused-ring (bicyclic) bond motifs is 1. The number of anilines is 1. The van der Waals surface area contributed by atoms with Gasteiger partial charge in [-0.3, -0.25) is 4.79 Å². The number of amides is 1. The van der Waals surface area contributed by atoms with Crippen LogP contribution in [0.2, 0.25) is 0 Å². The summed E-state index contributed by atoms with van der Waals surface area (Å²) in [5, 5.41) is 11.3. The summed E-state index contributed by atoms with van der Waals surface area (Å²) < 4.78 is 0. The number of rotatable bonds is 2. The lowest BCUT2D eigenvalue weighted by molar-refractivity contribution is -0.117. The number of nitrogens with zero attached hydrogens (tertiary/aromatic N) is 2. The first-order valence-corrected chi connectivity index (χ1v) is 5.50. The van der Waals surface area contributed by atoms with Crippen LogP contribution in [0.15, 0.2) is 29.4 Å². The van der Waals surface area contributed by atoms with Crippen LogP contribution >= 0.6 is 0 Å². The Kier molecular flexibility index (Phi) is 2.99. The van der Waals surface area contributed by atoms with Crippen LogP contribution in [0.5, 0.6) is 0 Å². The highest BCUT2D eigenvalue weighted by Gasteiger charge is 2.30. The molecular formula is C12H15N3O2. The van der Waals surface area contributed by atoms with Crippen molar-refractivity contribution in [2.24, 2.45) is 10.9 Å². The fraction of sp³-hybridized carbons (Fsp3) is 0.333. The third-order valence-electron chi connectivity index (χ3n) is 2.94. The standard InChI is InChI=1S/C12H15N3O2/c1-8-6-9-4-2-3-5-10(9)15(8)12(16)7-11(13)14-17/h2-5,8,17H,6-7H2,1H3,(H2,13,14). The van der Waals surface area contributed by atoms with Crippen LogP contribution in [0.3, 0.4) is 0 Å². The summed E-state index contributed by atoms with van der Waals surface area (Å²) in [4.78, 5) is 13.8. The lowest BCUT2D eigenvalue weighted by atomic mass is 10.1. The largest absolute Gasteiger partial charge is 0.409 e. The SMILES string of the molecule is CC1Cc2ccccc2N1C(=O)C/C(N)=N/O. The van der Waals surface area contributed by atoms with E-state index >= 15 is 0 Å². The zero-order valence-electron chi connectivity index (χ0n) is 9.63. The molecule has 1 aliphatic heterocycles. The molecule has 1 amide bonds. The zero-order chi connectivity index (χ0) is 12.4. The Labute approximate surface area is 99.5 Å². The average Bonchev–Trinajstić information content (AvgIpc) is 2.64. The highest BCUT2D eigenvalue weighted by molar-refractivity contribution is 6.07. The maximum atomic E-state index is 12.0. The second-order valence-electron chi connectivity index (χ2n) is 4.21. The van der Waals surface area contributed by atoms with Crippen LogP contribution in [0.1, 0.15) is 18.9 Å². The van der Waals surface area contributed by atoms with E-state index in [2.05, 4.69) is 5.16 Å². The number of hydrogen-bond acceptors (Lipinski definition) is 3. The van der Waals surface area contributed by atoms with E-state index in [-0.39, 0.29) is 24.2 Å². The van der Waals surface area contributed by atoms with E-state index in [0.717, 1.165) is 17.7 Å². The lowest BCUT2D eigenvalue weighted by Gasteiger charge is -2.22. The van der Waals surface area contributed by atoms with Gasteiger partial charge in [-0.1, -0.05) is 23.4 Å². The molecule has 0 saturated heterocycles. The summed E-state index contributed by atoms with van der Waals surface area (Å²) in [6.07, 6.45) is 0.785. The van der Waals surface area contributed by atoms with E-state index in [1.165, 1.54) is 0 Å². The van der Waals surface area contributed by atoms with Crippen molar-refractivity contribution in [1.82, 2.24) is 0 Å². The van der Waals surface area contributed by atoms with Gasteiger partial charge in [0.2, 0.25) is 5.91 Å². The summed E-state index contributed by atoms with van der Waals surface area (Å²) in [6.45, 7) is 1.99. The number of para-hydroxylation sites is 1. The zero-order valence-corrected chi connectivity index (χ0v) is 9.63. The van der Waals surface area contributed by atoms with Gasteiger partial charge in [0, 0.05) is 11.7 Å². The molecule has 5 nitrogen and oxygen atoms in total. The third-order valence-corrected chi connectivity index (χ3v) is 2.94. The summed E-state index contributed by atoms with van der Waals surface area (Å²) in [5.74, 6) is -0.204. The van der Waals surface area contributed by atoms with Crippen LogP contribution in [0, 0.1) is 0 Å². The fourth-order valence-corrected chi connectivity index (χ4v) is 2.22. The minimum Gasteiger partial charge on any atom is -0.409 e. The van der Waals surface area contributed by atoms with Gasteiger partial charge in [0.05, 0.1) is 6.42 Å². The molecule has 1 aliphatic rings. The highest BCUT2D eigenvalue weighted by Crippen LogP contribution is 2.32. The molecule has 1 unspecified atom stereocenters. The minimum absolute atomic E-state index is 0.0603. The number of carbonyl (C=O) groups excluding carboxylic acids is 1. The monoisotopic (exact) mass is 233 g/mol. The molecule has 1 aromatic rings. The highest BCUT2D eigenvalue weighted by atomic mass is 16.4. The maximum absolute atomic E-state index is 12.0. The summed E-state index contributed by atoms with van der Waals surface area (Å²) in [7, 11) is 0. The summed E-state index contributed by atoms with van der Waals surface area (Å²) in [5.41, 5.74) is 7.45. The van der Waals surface area contributed by atoms with E-state index in [9.17, 15) is 4.79 Å². The van der Waals surface area contributed by atoms with Gasteiger partial charge in [-0.25, -0.2) is 0 Å². The molecule has 1 atom stereocenters. The molecule has 1 heterocycles. The van der Waals surface area contributed by atoms with Gasteiger partial charge in [-0.2, -0.15) is 0 Å². The molecule has 90 valence electrons. The number of carbonyl (C=O) groups is 1. The van der Waals surface area contributed by atoms with Crippen molar-refractivity contribution in [2.45, 2.75) is 25.8 Å². The fourth-order valence-electron chi connectivity index (χ4n) is 2.22. The van der Waals surface area contributed by atoms with Crippen molar-refractivity contribution >= 4 is 17.4 Å². The Balaban J connectivity index is 2.24. The van der Waals surface area contributed by atoms with E-state index in [4.69, 9.17) is 10.9 Å².